The summed E-state index contributed by atoms with van der Waals surface area (Å²) in [5.74, 6) is 0.124. The zero-order valence-electron chi connectivity index (χ0n) is 10.2. The number of rotatable bonds is 4. The van der Waals surface area contributed by atoms with Gasteiger partial charge in [-0.25, -0.2) is 19.3 Å². The fourth-order valence-corrected chi connectivity index (χ4v) is 1.55. The molecular weight excluding hydrogens is 231 g/mol. The predicted octanol–water partition coefficient (Wildman–Crippen LogP) is 1.96. The van der Waals surface area contributed by atoms with E-state index in [2.05, 4.69) is 15.0 Å². The molecule has 2 rings (SSSR count). The van der Waals surface area contributed by atoms with Gasteiger partial charge in [0.05, 0.1) is 6.20 Å². The van der Waals surface area contributed by atoms with Crippen molar-refractivity contribution in [1.29, 1.82) is 0 Å². The van der Waals surface area contributed by atoms with Gasteiger partial charge in [-0.1, -0.05) is 6.92 Å². The Balaban J connectivity index is 2.24. The first-order valence-electron chi connectivity index (χ1n) is 5.88. The molecule has 94 valence electrons. The maximum absolute atomic E-state index is 12.8. The smallest absolute Gasteiger partial charge is 0.178 e. The van der Waals surface area contributed by atoms with Crippen LogP contribution < -0.4 is 5.73 Å². The van der Waals surface area contributed by atoms with Gasteiger partial charge in [0.1, 0.15) is 11.5 Å². The summed E-state index contributed by atoms with van der Waals surface area (Å²) < 4.78 is 12.8. The number of hydrogen-bond donors (Lipinski definition) is 1. The minimum absolute atomic E-state index is 0.0916. The molecule has 1 atom stereocenters. The van der Waals surface area contributed by atoms with Crippen LogP contribution in [0.3, 0.4) is 0 Å². The molecule has 0 amide bonds. The third kappa shape index (κ3) is 3.07. The van der Waals surface area contributed by atoms with Crippen molar-refractivity contribution in [3.05, 3.63) is 42.1 Å². The van der Waals surface area contributed by atoms with Gasteiger partial charge in [-0.3, -0.25) is 0 Å². The van der Waals surface area contributed by atoms with E-state index in [9.17, 15) is 4.39 Å². The molecule has 1 unspecified atom stereocenters. The van der Waals surface area contributed by atoms with Gasteiger partial charge in [-0.2, -0.15) is 0 Å². The van der Waals surface area contributed by atoms with Gasteiger partial charge in [0.25, 0.3) is 0 Å². The highest BCUT2D eigenvalue weighted by molar-refractivity contribution is 5.48. The third-order valence-electron chi connectivity index (χ3n) is 2.67. The molecule has 2 N–H and O–H groups in total. The van der Waals surface area contributed by atoms with E-state index in [1.165, 1.54) is 6.07 Å². The second-order valence-corrected chi connectivity index (χ2v) is 4.11. The lowest BCUT2D eigenvalue weighted by Crippen LogP contribution is -2.22. The topological polar surface area (TPSA) is 64.7 Å². The number of nitrogens with two attached hydrogens (primary N) is 1. The molecule has 0 aliphatic carbocycles. The highest BCUT2D eigenvalue weighted by Gasteiger charge is 2.07. The van der Waals surface area contributed by atoms with Crippen molar-refractivity contribution >= 4 is 0 Å². The lowest BCUT2D eigenvalue weighted by Gasteiger charge is -2.08. The average Bonchev–Trinajstić information content (AvgIpc) is 2.40. The molecule has 0 aliphatic rings. The molecule has 0 saturated heterocycles. The van der Waals surface area contributed by atoms with Gasteiger partial charge in [0, 0.05) is 24.4 Å². The van der Waals surface area contributed by atoms with Crippen LogP contribution in [0, 0.1) is 5.82 Å². The van der Waals surface area contributed by atoms with Crippen LogP contribution in [-0.2, 0) is 6.42 Å². The molecule has 2 aromatic heterocycles. The molecule has 0 radical (unpaired) electrons. The quantitative estimate of drug-likeness (QED) is 0.895. The van der Waals surface area contributed by atoms with Gasteiger partial charge < -0.3 is 5.73 Å². The molecule has 5 heteroatoms. The molecule has 2 aromatic rings. The number of hydrogen-bond acceptors (Lipinski definition) is 4. The van der Waals surface area contributed by atoms with Crippen molar-refractivity contribution in [3.63, 3.8) is 0 Å². The molecule has 0 fully saturated rings. The summed E-state index contributed by atoms with van der Waals surface area (Å²) in [6.45, 7) is 2.04. The summed E-state index contributed by atoms with van der Waals surface area (Å²) in [4.78, 5) is 12.5. The number of pyridine rings is 1. The Bertz CT molecular complexity index is 513. The van der Waals surface area contributed by atoms with E-state index < -0.39 is 0 Å². The number of halogens is 1. The average molecular weight is 246 g/mol. The molecule has 0 bridgehead atoms. The summed E-state index contributed by atoms with van der Waals surface area (Å²) in [6, 6.07) is 4.83. The zero-order valence-corrected chi connectivity index (χ0v) is 10.2. The Labute approximate surface area is 105 Å². The van der Waals surface area contributed by atoms with Crippen molar-refractivity contribution in [2.45, 2.75) is 25.8 Å². The Morgan fingerprint density at radius 3 is 2.78 bits per heavy atom. The summed E-state index contributed by atoms with van der Waals surface area (Å²) in [6.07, 6.45) is 4.43. The Morgan fingerprint density at radius 1 is 1.28 bits per heavy atom. The molecule has 0 aliphatic heterocycles. The molecular formula is C13H15FN4. The van der Waals surface area contributed by atoms with Crippen molar-refractivity contribution in [3.8, 4) is 11.5 Å². The minimum Gasteiger partial charge on any atom is -0.327 e. The standard InChI is InChI=1S/C13H15FN4/c1-2-10(15)7-11-5-6-16-13(18-11)12-4-3-9(14)8-17-12/h3-6,8,10H,2,7,15H2,1H3. The van der Waals surface area contributed by atoms with Crippen LogP contribution in [0.5, 0.6) is 0 Å². The minimum atomic E-state index is -0.372. The fraction of sp³-hybridized carbons (Fsp3) is 0.308. The lowest BCUT2D eigenvalue weighted by atomic mass is 10.1. The first-order chi connectivity index (χ1) is 8.69. The van der Waals surface area contributed by atoms with E-state index >= 15 is 0 Å². The van der Waals surface area contributed by atoms with Gasteiger partial charge in [0.15, 0.2) is 5.82 Å². The van der Waals surface area contributed by atoms with Crippen LogP contribution in [0.2, 0.25) is 0 Å². The second-order valence-electron chi connectivity index (χ2n) is 4.11. The van der Waals surface area contributed by atoms with Crippen LogP contribution in [0.1, 0.15) is 19.0 Å². The van der Waals surface area contributed by atoms with E-state index in [1.54, 1.807) is 12.3 Å². The summed E-state index contributed by atoms with van der Waals surface area (Å²) >= 11 is 0. The van der Waals surface area contributed by atoms with E-state index in [0.29, 0.717) is 17.9 Å². The molecule has 2 heterocycles. The van der Waals surface area contributed by atoms with Crippen LogP contribution in [0.15, 0.2) is 30.6 Å². The Hall–Kier alpha value is -1.88. The number of aromatic nitrogens is 3. The van der Waals surface area contributed by atoms with E-state index in [-0.39, 0.29) is 11.9 Å². The van der Waals surface area contributed by atoms with E-state index in [1.807, 2.05) is 13.0 Å². The summed E-state index contributed by atoms with van der Waals surface area (Å²) in [5.41, 5.74) is 7.32. The van der Waals surface area contributed by atoms with Crippen LogP contribution in [0.25, 0.3) is 11.5 Å². The normalized spacial score (nSPS) is 12.4. The Kier molecular flexibility index (Phi) is 3.94. The first kappa shape index (κ1) is 12.6. The van der Waals surface area contributed by atoms with Crippen LogP contribution in [0.4, 0.5) is 4.39 Å². The Morgan fingerprint density at radius 2 is 2.11 bits per heavy atom. The molecule has 0 aromatic carbocycles. The van der Waals surface area contributed by atoms with Crippen molar-refractivity contribution in [2.24, 2.45) is 5.73 Å². The lowest BCUT2D eigenvalue weighted by molar-refractivity contribution is 0.621. The largest absolute Gasteiger partial charge is 0.327 e. The third-order valence-corrected chi connectivity index (χ3v) is 2.67. The summed E-state index contributed by atoms with van der Waals surface area (Å²) in [7, 11) is 0. The van der Waals surface area contributed by atoms with Crippen LogP contribution in [-0.4, -0.2) is 21.0 Å². The van der Waals surface area contributed by atoms with E-state index in [4.69, 9.17) is 5.73 Å². The molecule has 18 heavy (non-hydrogen) atoms. The monoisotopic (exact) mass is 246 g/mol. The molecule has 4 nitrogen and oxygen atoms in total. The summed E-state index contributed by atoms with van der Waals surface area (Å²) in [5, 5.41) is 0. The predicted molar refractivity (Wildman–Crippen MR) is 67.2 cm³/mol. The maximum Gasteiger partial charge on any atom is 0.178 e. The molecule has 0 spiro atoms. The van der Waals surface area contributed by atoms with Gasteiger partial charge in [-0.15, -0.1) is 0 Å². The van der Waals surface area contributed by atoms with Gasteiger partial charge in [0.2, 0.25) is 0 Å². The highest BCUT2D eigenvalue weighted by Crippen LogP contribution is 2.12. The fourth-order valence-electron chi connectivity index (χ4n) is 1.55. The van der Waals surface area contributed by atoms with Gasteiger partial charge in [-0.05, 0) is 24.6 Å². The molecule has 0 saturated carbocycles. The van der Waals surface area contributed by atoms with Crippen LogP contribution >= 0.6 is 0 Å². The van der Waals surface area contributed by atoms with Crippen molar-refractivity contribution < 1.29 is 4.39 Å². The highest BCUT2D eigenvalue weighted by atomic mass is 19.1. The zero-order chi connectivity index (χ0) is 13.0. The van der Waals surface area contributed by atoms with E-state index in [0.717, 1.165) is 18.3 Å². The first-order valence-corrected chi connectivity index (χ1v) is 5.88. The van der Waals surface area contributed by atoms with Crippen molar-refractivity contribution in [2.75, 3.05) is 0 Å². The number of nitrogens with zero attached hydrogens (tertiary/aromatic N) is 3. The van der Waals surface area contributed by atoms with Gasteiger partial charge >= 0.3 is 0 Å². The second kappa shape index (κ2) is 5.64. The maximum atomic E-state index is 12.8. The van der Waals surface area contributed by atoms with Crippen molar-refractivity contribution in [1.82, 2.24) is 15.0 Å². The SMILES string of the molecule is CCC(N)Cc1ccnc(-c2ccc(F)cn2)n1.